The van der Waals surface area contributed by atoms with E-state index in [2.05, 4.69) is 31.4 Å². The summed E-state index contributed by atoms with van der Waals surface area (Å²) in [4.78, 5) is 0. The number of nitrogens with one attached hydrogen (secondary N) is 1. The van der Waals surface area contributed by atoms with E-state index in [0.29, 0.717) is 0 Å². The van der Waals surface area contributed by atoms with E-state index in [4.69, 9.17) is 5.84 Å². The molecule has 0 aliphatic rings. The van der Waals surface area contributed by atoms with E-state index in [1.807, 2.05) is 18.2 Å². The van der Waals surface area contributed by atoms with Crippen LogP contribution in [0.1, 0.15) is 18.9 Å². The highest BCUT2D eigenvalue weighted by molar-refractivity contribution is 5.11. The first-order valence-electron chi connectivity index (χ1n) is 4.26. The summed E-state index contributed by atoms with van der Waals surface area (Å²) in [5.41, 5.74) is 3.84. The molecular formula is C10H18N2. The van der Waals surface area contributed by atoms with E-state index >= 15 is 0 Å². The summed E-state index contributed by atoms with van der Waals surface area (Å²) in [6.07, 6.45) is 1.11. The summed E-state index contributed by atoms with van der Waals surface area (Å²) >= 11 is 0. The number of hydrazine groups is 1. The molecule has 0 aliphatic heterocycles. The molecule has 0 saturated heterocycles. The van der Waals surface area contributed by atoms with Crippen molar-refractivity contribution in [3.63, 3.8) is 0 Å². The Morgan fingerprint density at radius 3 is 2.00 bits per heavy atom. The van der Waals surface area contributed by atoms with Crippen molar-refractivity contribution in [2.75, 3.05) is 6.54 Å². The Balaban J connectivity index is 0.000000217. The molecule has 0 radical (unpaired) electrons. The monoisotopic (exact) mass is 166 g/mol. The maximum absolute atomic E-state index is 4.89. The minimum Gasteiger partial charge on any atom is -0.271 e. The first-order chi connectivity index (χ1) is 5.81. The van der Waals surface area contributed by atoms with Crippen molar-refractivity contribution >= 4 is 0 Å². The van der Waals surface area contributed by atoms with Crippen molar-refractivity contribution in [1.82, 2.24) is 5.43 Å². The van der Waals surface area contributed by atoms with E-state index < -0.39 is 0 Å². The van der Waals surface area contributed by atoms with Gasteiger partial charge < -0.3 is 0 Å². The van der Waals surface area contributed by atoms with Crippen LogP contribution in [0.2, 0.25) is 0 Å². The number of nitrogens with two attached hydrogens (primary N) is 1. The van der Waals surface area contributed by atoms with Gasteiger partial charge in [0, 0.05) is 6.54 Å². The summed E-state index contributed by atoms with van der Waals surface area (Å²) in [7, 11) is 0. The van der Waals surface area contributed by atoms with Crippen LogP contribution < -0.4 is 11.3 Å². The van der Waals surface area contributed by atoms with Gasteiger partial charge in [-0.15, -0.1) is 0 Å². The molecule has 3 N–H and O–H groups in total. The average molecular weight is 166 g/mol. The number of benzene rings is 1. The Hall–Kier alpha value is -0.860. The number of hydrogen-bond donors (Lipinski definition) is 2. The highest BCUT2D eigenvalue weighted by Crippen LogP contribution is 1.92. The Labute approximate surface area is 74.8 Å². The highest BCUT2D eigenvalue weighted by atomic mass is 15.2. The second-order valence-electron chi connectivity index (χ2n) is 2.61. The molecule has 68 valence electrons. The van der Waals surface area contributed by atoms with Crippen molar-refractivity contribution < 1.29 is 0 Å². The Bertz CT molecular complexity index is 170. The number of rotatable bonds is 2. The lowest BCUT2D eigenvalue weighted by Crippen LogP contribution is -2.21. The molecule has 0 aromatic heterocycles. The predicted octanol–water partition coefficient (Wildman–Crippen LogP) is 1.85. The van der Waals surface area contributed by atoms with Crippen molar-refractivity contribution in [2.24, 2.45) is 5.84 Å². The normalized spacial score (nSPS) is 8.58. The van der Waals surface area contributed by atoms with Gasteiger partial charge in [-0.3, -0.25) is 11.3 Å². The van der Waals surface area contributed by atoms with Gasteiger partial charge in [0.25, 0.3) is 0 Å². The lowest BCUT2D eigenvalue weighted by atomic mass is 10.2. The lowest BCUT2D eigenvalue weighted by molar-refractivity contribution is 0.714. The molecule has 0 aliphatic carbocycles. The van der Waals surface area contributed by atoms with Crippen LogP contribution in [0.25, 0.3) is 0 Å². The Morgan fingerprint density at radius 2 is 1.83 bits per heavy atom. The maximum Gasteiger partial charge on any atom is 0.00947 e. The molecule has 12 heavy (non-hydrogen) atoms. The summed E-state index contributed by atoms with van der Waals surface area (Å²) < 4.78 is 0. The van der Waals surface area contributed by atoms with E-state index in [-0.39, 0.29) is 0 Å². The zero-order valence-corrected chi connectivity index (χ0v) is 7.88. The van der Waals surface area contributed by atoms with Crippen LogP contribution in [-0.2, 0) is 0 Å². The first-order valence-corrected chi connectivity index (χ1v) is 4.26. The zero-order valence-electron chi connectivity index (χ0n) is 7.88. The SMILES string of the molecule is CCCNN.Cc1ccccc1. The van der Waals surface area contributed by atoms with Crippen molar-refractivity contribution in [1.29, 1.82) is 0 Å². The fraction of sp³-hybridized carbons (Fsp3) is 0.400. The van der Waals surface area contributed by atoms with Crippen LogP contribution in [-0.4, -0.2) is 6.54 Å². The minimum atomic E-state index is 0.917. The average Bonchev–Trinajstić information content (AvgIpc) is 2.08. The number of hydrogen-bond acceptors (Lipinski definition) is 2. The highest BCUT2D eigenvalue weighted by Gasteiger charge is 1.72. The second kappa shape index (κ2) is 8.24. The third-order valence-electron chi connectivity index (χ3n) is 1.33. The van der Waals surface area contributed by atoms with Crippen LogP contribution in [0.5, 0.6) is 0 Å². The molecule has 2 nitrogen and oxygen atoms in total. The van der Waals surface area contributed by atoms with Gasteiger partial charge in [-0.2, -0.15) is 0 Å². The van der Waals surface area contributed by atoms with E-state index in [0.717, 1.165) is 13.0 Å². The van der Waals surface area contributed by atoms with Crippen LogP contribution >= 0.6 is 0 Å². The molecule has 0 saturated carbocycles. The standard InChI is InChI=1S/C7H8.C3H10N2/c1-7-5-3-2-4-6-7;1-2-3-5-4/h2-6H,1H3;5H,2-4H2,1H3. The van der Waals surface area contributed by atoms with Gasteiger partial charge >= 0.3 is 0 Å². The molecule has 2 heteroatoms. The Kier molecular flexibility index (Phi) is 7.65. The molecule has 0 atom stereocenters. The van der Waals surface area contributed by atoms with Crippen LogP contribution in [0, 0.1) is 6.92 Å². The molecule has 0 unspecified atom stereocenters. The first kappa shape index (κ1) is 11.1. The molecule has 0 heterocycles. The van der Waals surface area contributed by atoms with E-state index in [1.165, 1.54) is 5.56 Å². The van der Waals surface area contributed by atoms with Gasteiger partial charge in [0.2, 0.25) is 0 Å². The fourth-order valence-electron chi connectivity index (χ4n) is 0.679. The van der Waals surface area contributed by atoms with Gasteiger partial charge in [-0.1, -0.05) is 42.8 Å². The molecule has 1 aromatic rings. The molecular weight excluding hydrogens is 148 g/mol. The van der Waals surface area contributed by atoms with Crippen molar-refractivity contribution in [2.45, 2.75) is 20.3 Å². The second-order valence-corrected chi connectivity index (χ2v) is 2.61. The number of aryl methyl sites for hydroxylation is 1. The summed E-state index contributed by atoms with van der Waals surface area (Å²) in [5, 5.41) is 0. The van der Waals surface area contributed by atoms with Crippen molar-refractivity contribution in [3.05, 3.63) is 35.9 Å². The van der Waals surface area contributed by atoms with Gasteiger partial charge in [0.15, 0.2) is 0 Å². The third-order valence-corrected chi connectivity index (χ3v) is 1.33. The van der Waals surface area contributed by atoms with E-state index in [9.17, 15) is 0 Å². The summed E-state index contributed by atoms with van der Waals surface area (Å²) in [6, 6.07) is 10.3. The zero-order chi connectivity index (χ0) is 9.23. The van der Waals surface area contributed by atoms with Gasteiger partial charge in [-0.25, -0.2) is 0 Å². The molecule has 0 fully saturated rings. The van der Waals surface area contributed by atoms with Gasteiger partial charge in [-0.05, 0) is 13.3 Å². The lowest BCUT2D eigenvalue weighted by Gasteiger charge is -1.85. The molecule has 0 spiro atoms. The van der Waals surface area contributed by atoms with E-state index in [1.54, 1.807) is 0 Å². The summed E-state index contributed by atoms with van der Waals surface area (Å²) in [5.74, 6) is 4.89. The molecule has 1 rings (SSSR count). The minimum absolute atomic E-state index is 0.917. The van der Waals surface area contributed by atoms with Crippen LogP contribution in [0.3, 0.4) is 0 Å². The maximum atomic E-state index is 4.89. The fourth-order valence-corrected chi connectivity index (χ4v) is 0.679. The quantitative estimate of drug-likeness (QED) is 0.520. The largest absolute Gasteiger partial charge is 0.271 e. The summed E-state index contributed by atoms with van der Waals surface area (Å²) in [6.45, 7) is 5.07. The van der Waals surface area contributed by atoms with Gasteiger partial charge in [0.1, 0.15) is 0 Å². The predicted molar refractivity (Wildman–Crippen MR) is 53.7 cm³/mol. The molecule has 0 bridgehead atoms. The third kappa shape index (κ3) is 7.25. The molecule has 0 amide bonds. The van der Waals surface area contributed by atoms with Crippen LogP contribution in [0.4, 0.5) is 0 Å². The Morgan fingerprint density at radius 1 is 1.25 bits per heavy atom. The van der Waals surface area contributed by atoms with Crippen LogP contribution in [0.15, 0.2) is 30.3 Å². The molecule has 1 aromatic carbocycles. The topological polar surface area (TPSA) is 38.0 Å². The smallest absolute Gasteiger partial charge is 0.00947 e. The van der Waals surface area contributed by atoms with Crippen molar-refractivity contribution in [3.8, 4) is 0 Å². The van der Waals surface area contributed by atoms with Gasteiger partial charge in [0.05, 0.1) is 0 Å².